The summed E-state index contributed by atoms with van der Waals surface area (Å²) in [5, 5.41) is 2.27. The van der Waals surface area contributed by atoms with Crippen molar-refractivity contribution in [1.82, 2.24) is 10.0 Å². The maximum Gasteiger partial charge on any atom is 0.321 e. The van der Waals surface area contributed by atoms with Gasteiger partial charge in [-0.25, -0.2) is 8.42 Å². The molecule has 8 heteroatoms. The molecule has 0 aromatic heterocycles. The van der Waals surface area contributed by atoms with E-state index in [1.165, 1.54) is 19.2 Å². The van der Waals surface area contributed by atoms with E-state index < -0.39 is 35.1 Å². The standard InChI is InChI=1S/C12H16N2O5S/c1-9-3-5-10(6-4-9)20(17,18)14-7-12(16)19-8-11(15)13-2/h3-6,14H,7-8H2,1-2H3,(H,13,15). The van der Waals surface area contributed by atoms with Crippen LogP contribution in [0.3, 0.4) is 0 Å². The third-order valence-electron chi connectivity index (χ3n) is 2.38. The first kappa shape index (κ1) is 16.1. The van der Waals surface area contributed by atoms with E-state index in [2.05, 4.69) is 14.8 Å². The minimum Gasteiger partial charge on any atom is -0.455 e. The fraction of sp³-hybridized carbons (Fsp3) is 0.333. The Labute approximate surface area is 117 Å². The lowest BCUT2D eigenvalue weighted by Gasteiger charge is -2.07. The summed E-state index contributed by atoms with van der Waals surface area (Å²) < 4.78 is 30.4. The highest BCUT2D eigenvalue weighted by atomic mass is 32.2. The van der Waals surface area contributed by atoms with Gasteiger partial charge in [0.1, 0.15) is 6.54 Å². The van der Waals surface area contributed by atoms with Gasteiger partial charge in [0, 0.05) is 7.05 Å². The molecule has 0 spiro atoms. The minimum atomic E-state index is -3.77. The fourth-order valence-corrected chi connectivity index (χ4v) is 2.19. The number of nitrogens with one attached hydrogen (secondary N) is 2. The van der Waals surface area contributed by atoms with Crippen molar-refractivity contribution in [3.8, 4) is 0 Å². The number of hydrogen-bond donors (Lipinski definition) is 2. The predicted molar refractivity (Wildman–Crippen MR) is 71.4 cm³/mol. The Morgan fingerprint density at radius 2 is 1.80 bits per heavy atom. The average molecular weight is 300 g/mol. The minimum absolute atomic E-state index is 0.0576. The van der Waals surface area contributed by atoms with E-state index in [4.69, 9.17) is 0 Å². The van der Waals surface area contributed by atoms with Gasteiger partial charge in [0.2, 0.25) is 10.0 Å². The number of benzene rings is 1. The van der Waals surface area contributed by atoms with Crippen LogP contribution in [-0.4, -0.2) is 40.5 Å². The summed E-state index contributed by atoms with van der Waals surface area (Å²) >= 11 is 0. The summed E-state index contributed by atoms with van der Waals surface area (Å²) in [6.07, 6.45) is 0. The molecule has 0 aliphatic carbocycles. The highest BCUT2D eigenvalue weighted by molar-refractivity contribution is 7.89. The summed E-state index contributed by atoms with van der Waals surface area (Å²) in [7, 11) is -2.37. The van der Waals surface area contributed by atoms with E-state index in [1.54, 1.807) is 12.1 Å². The monoisotopic (exact) mass is 300 g/mol. The van der Waals surface area contributed by atoms with Crippen molar-refractivity contribution in [1.29, 1.82) is 0 Å². The zero-order valence-corrected chi connectivity index (χ0v) is 12.0. The molecular weight excluding hydrogens is 284 g/mol. The van der Waals surface area contributed by atoms with E-state index >= 15 is 0 Å². The van der Waals surface area contributed by atoms with Crippen LogP contribution in [0.4, 0.5) is 0 Å². The maximum atomic E-state index is 11.8. The van der Waals surface area contributed by atoms with Crippen LogP contribution in [0.25, 0.3) is 0 Å². The Morgan fingerprint density at radius 1 is 1.20 bits per heavy atom. The van der Waals surface area contributed by atoms with Crippen LogP contribution in [0.15, 0.2) is 29.2 Å². The third kappa shape index (κ3) is 4.98. The van der Waals surface area contributed by atoms with Crippen LogP contribution < -0.4 is 10.0 Å². The number of carbonyl (C=O) groups excluding carboxylic acids is 2. The lowest BCUT2D eigenvalue weighted by atomic mass is 10.2. The molecule has 110 valence electrons. The zero-order valence-electron chi connectivity index (χ0n) is 11.2. The highest BCUT2D eigenvalue weighted by Gasteiger charge is 2.16. The summed E-state index contributed by atoms with van der Waals surface area (Å²) in [4.78, 5) is 22.2. The molecule has 0 radical (unpaired) electrons. The molecule has 1 rings (SSSR count). The van der Waals surface area contributed by atoms with Gasteiger partial charge in [-0.3, -0.25) is 9.59 Å². The second-order valence-electron chi connectivity index (χ2n) is 3.97. The number of esters is 1. The summed E-state index contributed by atoms with van der Waals surface area (Å²) in [6, 6.07) is 6.18. The molecule has 0 atom stereocenters. The first-order chi connectivity index (χ1) is 9.35. The van der Waals surface area contributed by atoms with Gasteiger partial charge >= 0.3 is 5.97 Å². The Hall–Kier alpha value is -1.93. The molecule has 1 aromatic carbocycles. The normalized spacial score (nSPS) is 10.9. The topological polar surface area (TPSA) is 102 Å². The van der Waals surface area contributed by atoms with Crippen molar-refractivity contribution in [3.63, 3.8) is 0 Å². The second kappa shape index (κ2) is 7.01. The molecule has 0 saturated heterocycles. The van der Waals surface area contributed by atoms with Crippen molar-refractivity contribution in [2.75, 3.05) is 20.2 Å². The average Bonchev–Trinajstić information content (AvgIpc) is 2.43. The van der Waals surface area contributed by atoms with E-state index in [0.29, 0.717) is 0 Å². The van der Waals surface area contributed by atoms with Crippen LogP contribution >= 0.6 is 0 Å². The Balaban J connectivity index is 2.53. The van der Waals surface area contributed by atoms with Crippen molar-refractivity contribution in [2.45, 2.75) is 11.8 Å². The molecule has 0 saturated carbocycles. The Kier molecular flexibility index (Phi) is 5.66. The van der Waals surface area contributed by atoms with E-state index in [0.717, 1.165) is 5.56 Å². The summed E-state index contributed by atoms with van der Waals surface area (Å²) in [5.74, 6) is -1.30. The van der Waals surface area contributed by atoms with Gasteiger partial charge in [0.05, 0.1) is 4.90 Å². The maximum absolute atomic E-state index is 11.8. The van der Waals surface area contributed by atoms with Crippen molar-refractivity contribution < 1.29 is 22.7 Å². The van der Waals surface area contributed by atoms with Gasteiger partial charge in [0.25, 0.3) is 5.91 Å². The second-order valence-corrected chi connectivity index (χ2v) is 5.74. The number of rotatable bonds is 6. The van der Waals surface area contributed by atoms with Crippen molar-refractivity contribution in [3.05, 3.63) is 29.8 Å². The number of sulfonamides is 1. The van der Waals surface area contributed by atoms with Gasteiger partial charge in [0.15, 0.2) is 6.61 Å². The van der Waals surface area contributed by atoms with Gasteiger partial charge in [-0.05, 0) is 19.1 Å². The molecular formula is C12H16N2O5S. The van der Waals surface area contributed by atoms with Crippen LogP contribution in [0, 0.1) is 6.92 Å². The molecule has 0 aliphatic heterocycles. The van der Waals surface area contributed by atoms with Crippen LogP contribution in [0.1, 0.15) is 5.56 Å². The van der Waals surface area contributed by atoms with Crippen molar-refractivity contribution >= 4 is 21.9 Å². The highest BCUT2D eigenvalue weighted by Crippen LogP contribution is 2.09. The van der Waals surface area contributed by atoms with Crippen LogP contribution in [0.5, 0.6) is 0 Å². The molecule has 1 amide bonds. The number of likely N-dealkylation sites (N-methyl/N-ethyl adjacent to an activating group) is 1. The molecule has 0 fully saturated rings. The van der Waals surface area contributed by atoms with Gasteiger partial charge < -0.3 is 10.1 Å². The van der Waals surface area contributed by atoms with E-state index in [-0.39, 0.29) is 4.90 Å². The Morgan fingerprint density at radius 3 is 2.35 bits per heavy atom. The first-order valence-electron chi connectivity index (χ1n) is 5.77. The smallest absolute Gasteiger partial charge is 0.321 e. The lowest BCUT2D eigenvalue weighted by Crippen LogP contribution is -2.33. The number of amides is 1. The van der Waals surface area contributed by atoms with Crippen LogP contribution in [0.2, 0.25) is 0 Å². The lowest BCUT2D eigenvalue weighted by molar-refractivity contribution is -0.147. The zero-order chi connectivity index (χ0) is 15.2. The summed E-state index contributed by atoms with van der Waals surface area (Å²) in [5.41, 5.74) is 0.925. The summed E-state index contributed by atoms with van der Waals surface area (Å²) in [6.45, 7) is 0.856. The molecule has 2 N–H and O–H groups in total. The van der Waals surface area contributed by atoms with E-state index in [9.17, 15) is 18.0 Å². The number of carbonyl (C=O) groups is 2. The largest absolute Gasteiger partial charge is 0.455 e. The third-order valence-corrected chi connectivity index (χ3v) is 3.80. The van der Waals surface area contributed by atoms with E-state index in [1.807, 2.05) is 6.92 Å². The molecule has 1 aromatic rings. The Bertz CT molecular complexity index is 580. The van der Waals surface area contributed by atoms with Gasteiger partial charge in [-0.2, -0.15) is 4.72 Å². The molecule has 0 aliphatic rings. The molecule has 0 heterocycles. The number of hydrogen-bond acceptors (Lipinski definition) is 5. The predicted octanol–water partition coefficient (Wildman–Crippen LogP) is -0.437. The first-order valence-corrected chi connectivity index (χ1v) is 7.26. The molecule has 0 unspecified atom stereocenters. The number of aryl methyl sites for hydroxylation is 1. The SMILES string of the molecule is CNC(=O)COC(=O)CNS(=O)(=O)c1ccc(C)cc1. The molecule has 0 bridgehead atoms. The fourth-order valence-electron chi connectivity index (χ4n) is 1.22. The van der Waals surface area contributed by atoms with Gasteiger partial charge in [-0.15, -0.1) is 0 Å². The van der Waals surface area contributed by atoms with Gasteiger partial charge in [-0.1, -0.05) is 17.7 Å². The van der Waals surface area contributed by atoms with Crippen LogP contribution in [-0.2, 0) is 24.3 Å². The number of ether oxygens (including phenoxy) is 1. The quantitative estimate of drug-likeness (QED) is 0.694. The van der Waals surface area contributed by atoms with Crippen molar-refractivity contribution in [2.24, 2.45) is 0 Å². The molecule has 7 nitrogen and oxygen atoms in total. The molecule has 20 heavy (non-hydrogen) atoms.